The van der Waals surface area contributed by atoms with E-state index in [0.29, 0.717) is 11.3 Å². The van der Waals surface area contributed by atoms with E-state index in [2.05, 4.69) is 20.6 Å². The Kier molecular flexibility index (Phi) is 9.49. The van der Waals surface area contributed by atoms with E-state index < -0.39 is 27.9 Å². The summed E-state index contributed by atoms with van der Waals surface area (Å²) in [7, 11) is -3.57. The van der Waals surface area contributed by atoms with E-state index in [1.54, 1.807) is 54.7 Å². The van der Waals surface area contributed by atoms with Crippen molar-refractivity contribution in [2.45, 2.75) is 24.3 Å². The Morgan fingerprint density at radius 2 is 1.72 bits per heavy atom. The number of allylic oxidation sites excluding steroid dienone is 1. The molecule has 0 aliphatic heterocycles. The molecule has 9 nitrogen and oxygen atoms in total. The Morgan fingerprint density at radius 1 is 1.05 bits per heavy atom. The molecule has 4 rings (SSSR count). The van der Waals surface area contributed by atoms with E-state index in [-0.39, 0.29) is 47.8 Å². The minimum Gasteiger partial charge on any atom is -0.482 e. The normalized spacial score (nSPS) is 15.7. The van der Waals surface area contributed by atoms with E-state index in [1.807, 2.05) is 0 Å². The highest BCUT2D eigenvalue weighted by molar-refractivity contribution is 7.91. The predicted octanol–water partition coefficient (Wildman–Crippen LogP) is 4.77. The van der Waals surface area contributed by atoms with Crippen molar-refractivity contribution in [3.8, 4) is 11.1 Å². The number of nitrogens with zero attached hydrogens (tertiary/aromatic N) is 2. The van der Waals surface area contributed by atoms with Crippen molar-refractivity contribution >= 4 is 33.2 Å². The topological polar surface area (TPSA) is 136 Å². The maximum absolute atomic E-state index is 13.0. The average molecular weight is 618 g/mol. The fraction of sp³-hybridized carbons (Fsp3) is 0.207. The van der Waals surface area contributed by atoms with Crippen molar-refractivity contribution in [2.75, 3.05) is 18.2 Å². The maximum atomic E-state index is 13.0. The second-order valence-electron chi connectivity index (χ2n) is 9.61. The largest absolute Gasteiger partial charge is 0.482 e. The van der Waals surface area contributed by atoms with Crippen molar-refractivity contribution in [2.24, 2.45) is 10.7 Å². The summed E-state index contributed by atoms with van der Waals surface area (Å²) in [6.07, 6.45) is 0.491. The molecule has 2 aromatic carbocycles. The molecule has 1 aliphatic carbocycles. The van der Waals surface area contributed by atoms with E-state index in [4.69, 9.17) is 10.5 Å². The summed E-state index contributed by atoms with van der Waals surface area (Å²) in [5.74, 6) is -0.933. The van der Waals surface area contributed by atoms with Crippen molar-refractivity contribution in [1.29, 1.82) is 0 Å². The van der Waals surface area contributed by atoms with Crippen molar-refractivity contribution in [3.63, 3.8) is 0 Å². The molecular formula is C29H27F4N5O4S. The number of anilines is 1. The molecule has 1 amide bonds. The van der Waals surface area contributed by atoms with Gasteiger partial charge in [-0.25, -0.2) is 17.8 Å². The standard InChI is InChI=1S/C29H27F4N5O4S/c1-43(40,41)23-11-12-24(25(15-23)42-17-29(31,32)33)37-28(34)38-26-13-6-20(16-35-26)19-4-9-22(10-5-19)36-27(39)14-18-2-7-21(30)8-3-18/h2-10,12-13,15-16,23H,11,14,17H2,1H3,(H,36,39)(H3,34,35,37,38). The van der Waals surface area contributed by atoms with Gasteiger partial charge in [-0.3, -0.25) is 4.79 Å². The van der Waals surface area contributed by atoms with Gasteiger partial charge in [0.05, 0.1) is 17.4 Å². The van der Waals surface area contributed by atoms with E-state index in [9.17, 15) is 30.8 Å². The van der Waals surface area contributed by atoms with E-state index in [1.165, 1.54) is 18.2 Å². The number of carbonyl (C=O) groups is 1. The SMILES string of the molecule is CS(=O)(=O)C1C=C(OCC(F)(F)F)C(NC(N)=Nc2ccc(-c3ccc(NC(=O)Cc4ccc(F)cc4)cc3)cn2)=CC1. The maximum Gasteiger partial charge on any atom is 0.422 e. The number of benzene rings is 2. The molecule has 1 atom stereocenters. The number of alkyl halides is 3. The smallest absolute Gasteiger partial charge is 0.422 e. The van der Waals surface area contributed by atoms with Gasteiger partial charge in [-0.2, -0.15) is 18.2 Å². The Hall–Kier alpha value is -4.72. The number of aromatic nitrogens is 1. The number of sulfone groups is 1. The van der Waals surface area contributed by atoms with Crippen LogP contribution in [0.25, 0.3) is 11.1 Å². The first-order valence-corrected chi connectivity index (χ1v) is 14.7. The van der Waals surface area contributed by atoms with Gasteiger partial charge in [0.1, 0.15) is 11.6 Å². The monoisotopic (exact) mass is 617 g/mol. The van der Waals surface area contributed by atoms with Crippen molar-refractivity contribution in [3.05, 3.63) is 102 Å². The first kappa shape index (κ1) is 31.2. The number of nitrogens with two attached hydrogens (primary N) is 1. The van der Waals surface area contributed by atoms with Gasteiger partial charge in [0.15, 0.2) is 28.2 Å². The third-order valence-electron chi connectivity index (χ3n) is 6.12. The van der Waals surface area contributed by atoms with Crippen LogP contribution in [0.5, 0.6) is 0 Å². The van der Waals surface area contributed by atoms with Crippen LogP contribution in [0.3, 0.4) is 0 Å². The fourth-order valence-corrected chi connectivity index (χ4v) is 4.83. The molecule has 0 bridgehead atoms. The Morgan fingerprint density at radius 3 is 2.33 bits per heavy atom. The number of rotatable bonds is 9. The number of nitrogens with one attached hydrogen (secondary N) is 2. The lowest BCUT2D eigenvalue weighted by atomic mass is 10.1. The molecule has 0 radical (unpaired) electrons. The molecule has 1 aliphatic rings. The summed E-state index contributed by atoms with van der Waals surface area (Å²) in [5.41, 5.74) is 8.80. The Balaban J connectivity index is 1.38. The van der Waals surface area contributed by atoms with Gasteiger partial charge < -0.3 is 21.1 Å². The first-order valence-electron chi connectivity index (χ1n) is 12.8. The van der Waals surface area contributed by atoms with Gasteiger partial charge in [0.25, 0.3) is 0 Å². The lowest BCUT2D eigenvalue weighted by Crippen LogP contribution is -2.34. The number of amides is 1. The second-order valence-corrected chi connectivity index (χ2v) is 11.9. The number of carbonyl (C=O) groups excluding carboxylic acids is 1. The molecule has 1 heterocycles. The number of halogens is 4. The average Bonchev–Trinajstić information content (AvgIpc) is 2.93. The predicted molar refractivity (Wildman–Crippen MR) is 154 cm³/mol. The minimum atomic E-state index is -4.63. The molecule has 4 N–H and O–H groups in total. The van der Waals surface area contributed by atoms with Crippen LogP contribution in [0, 0.1) is 5.82 Å². The molecule has 0 fully saturated rings. The molecule has 226 valence electrons. The van der Waals surface area contributed by atoms with Gasteiger partial charge in [-0.15, -0.1) is 0 Å². The van der Waals surface area contributed by atoms with Gasteiger partial charge >= 0.3 is 6.18 Å². The van der Waals surface area contributed by atoms with E-state index in [0.717, 1.165) is 23.5 Å². The van der Waals surface area contributed by atoms with Crippen LogP contribution in [0.15, 0.2) is 95.5 Å². The van der Waals surface area contributed by atoms with Gasteiger partial charge in [-0.05, 0) is 60.0 Å². The quantitative estimate of drug-likeness (QED) is 0.179. The zero-order valence-electron chi connectivity index (χ0n) is 22.7. The Labute approximate surface area is 245 Å². The molecule has 14 heteroatoms. The molecule has 0 saturated carbocycles. The molecule has 0 saturated heterocycles. The van der Waals surface area contributed by atoms with E-state index >= 15 is 0 Å². The lowest BCUT2D eigenvalue weighted by Gasteiger charge is -2.22. The number of hydrogen-bond donors (Lipinski definition) is 3. The van der Waals surface area contributed by atoms with Crippen LogP contribution >= 0.6 is 0 Å². The van der Waals surface area contributed by atoms with Crippen molar-refractivity contribution < 1.29 is 35.5 Å². The summed E-state index contributed by atoms with van der Waals surface area (Å²) >= 11 is 0. The number of pyridine rings is 1. The molecule has 3 aromatic rings. The van der Waals surface area contributed by atoms with Crippen LogP contribution < -0.4 is 16.4 Å². The number of aliphatic imine (C=N–C) groups is 1. The molecule has 43 heavy (non-hydrogen) atoms. The van der Waals surface area contributed by atoms with Crippen molar-refractivity contribution in [1.82, 2.24) is 10.3 Å². The zero-order valence-corrected chi connectivity index (χ0v) is 23.5. The number of guanidine groups is 1. The van der Waals surface area contributed by atoms with Crippen LogP contribution in [0.2, 0.25) is 0 Å². The van der Waals surface area contributed by atoms with Gasteiger partial charge in [0, 0.05) is 23.7 Å². The third kappa shape index (κ3) is 9.39. The van der Waals surface area contributed by atoms with Crippen LogP contribution in [0.4, 0.5) is 29.1 Å². The zero-order chi connectivity index (χ0) is 31.2. The third-order valence-corrected chi connectivity index (χ3v) is 7.55. The lowest BCUT2D eigenvalue weighted by molar-refractivity contribution is -0.164. The summed E-state index contributed by atoms with van der Waals surface area (Å²) in [4.78, 5) is 20.7. The Bertz CT molecular complexity index is 1650. The fourth-order valence-electron chi connectivity index (χ4n) is 4.01. The van der Waals surface area contributed by atoms with Gasteiger partial charge in [-0.1, -0.05) is 30.3 Å². The minimum absolute atomic E-state index is 0.0109. The molecular weight excluding hydrogens is 590 g/mol. The van der Waals surface area contributed by atoms with Crippen LogP contribution in [0.1, 0.15) is 12.0 Å². The summed E-state index contributed by atoms with van der Waals surface area (Å²) in [6, 6.07) is 16.0. The number of hydrogen-bond acceptors (Lipinski definition) is 6. The highest BCUT2D eigenvalue weighted by atomic mass is 32.2. The van der Waals surface area contributed by atoms with Gasteiger partial charge in [0.2, 0.25) is 5.91 Å². The van der Waals surface area contributed by atoms with Crippen LogP contribution in [-0.4, -0.2) is 49.6 Å². The summed E-state index contributed by atoms with van der Waals surface area (Å²) in [6.45, 7) is -1.61. The highest BCUT2D eigenvalue weighted by Gasteiger charge is 2.31. The number of ether oxygens (including phenoxy) is 1. The second kappa shape index (κ2) is 13.1. The first-order chi connectivity index (χ1) is 20.2. The summed E-state index contributed by atoms with van der Waals surface area (Å²) < 4.78 is 79.9. The summed E-state index contributed by atoms with van der Waals surface area (Å²) in [5, 5.41) is 4.40. The highest BCUT2D eigenvalue weighted by Crippen LogP contribution is 2.26. The molecule has 1 aromatic heterocycles. The molecule has 0 spiro atoms. The molecule has 1 unspecified atom stereocenters. The van der Waals surface area contributed by atoms with Crippen LogP contribution in [-0.2, 0) is 25.8 Å².